The number of aromatic amines is 1. The minimum Gasteiger partial charge on any atom is -0.340 e. The van der Waals surface area contributed by atoms with E-state index in [9.17, 15) is 27.7 Å². The number of amides is 3. The number of H-pyrrole nitrogens is 1. The van der Waals surface area contributed by atoms with Crippen LogP contribution >= 0.6 is 18.9 Å². The summed E-state index contributed by atoms with van der Waals surface area (Å²) in [5, 5.41) is 10.1. The second kappa shape index (κ2) is 10.2. The average molecular weight is 634 g/mol. The highest BCUT2D eigenvalue weighted by molar-refractivity contribution is 7.52. The van der Waals surface area contributed by atoms with Crippen LogP contribution < -0.4 is 5.32 Å². The Morgan fingerprint density at radius 3 is 2.58 bits per heavy atom. The molecular formula is C28H30F2N5O6PS. The molecule has 11 nitrogen and oxygen atoms in total. The first kappa shape index (κ1) is 28.6. The van der Waals surface area contributed by atoms with Crippen molar-refractivity contribution in [2.75, 3.05) is 13.1 Å². The lowest BCUT2D eigenvalue weighted by Crippen LogP contribution is -2.59. The van der Waals surface area contributed by atoms with E-state index in [2.05, 4.69) is 15.5 Å². The third-order valence-electron chi connectivity index (χ3n) is 9.41. The van der Waals surface area contributed by atoms with Crippen LogP contribution in [0.2, 0.25) is 0 Å². The Morgan fingerprint density at radius 1 is 1.09 bits per heavy atom. The van der Waals surface area contributed by atoms with Gasteiger partial charge in [-0.25, -0.2) is 0 Å². The lowest BCUT2D eigenvalue weighted by atomic mass is 9.95. The van der Waals surface area contributed by atoms with E-state index >= 15 is 0 Å². The highest BCUT2D eigenvalue weighted by Crippen LogP contribution is 2.59. The van der Waals surface area contributed by atoms with Crippen molar-refractivity contribution >= 4 is 46.7 Å². The van der Waals surface area contributed by atoms with Crippen molar-refractivity contribution in [3.05, 3.63) is 52.7 Å². The van der Waals surface area contributed by atoms with Crippen LogP contribution in [0, 0.1) is 11.8 Å². The molecule has 1 saturated carbocycles. The van der Waals surface area contributed by atoms with E-state index in [0.717, 1.165) is 48.4 Å². The number of nitrogens with one attached hydrogen (secondary N) is 2. The summed E-state index contributed by atoms with van der Waals surface area (Å²) in [4.78, 5) is 62.8. The Bertz CT molecular complexity index is 1650. The molecule has 4 aliphatic rings. The quantitative estimate of drug-likeness (QED) is 0.304. The van der Waals surface area contributed by atoms with Gasteiger partial charge >= 0.3 is 13.3 Å². The van der Waals surface area contributed by atoms with Crippen molar-refractivity contribution in [2.45, 2.75) is 61.8 Å². The topological polar surface area (TPSA) is 156 Å². The number of nitrogens with zero attached hydrogens (tertiary/aromatic N) is 3. The molecule has 43 heavy (non-hydrogen) atoms. The van der Waals surface area contributed by atoms with Crippen molar-refractivity contribution in [3.63, 3.8) is 0 Å². The summed E-state index contributed by atoms with van der Waals surface area (Å²) in [5.74, 6) is 0.0388. The lowest BCUT2D eigenvalue weighted by Gasteiger charge is -2.42. The first-order valence-electron chi connectivity index (χ1n) is 14.3. The molecule has 3 aromatic rings. The van der Waals surface area contributed by atoms with Crippen LogP contribution in [0.5, 0.6) is 0 Å². The van der Waals surface area contributed by atoms with Crippen LogP contribution in [0.1, 0.15) is 59.0 Å². The molecule has 3 saturated heterocycles. The van der Waals surface area contributed by atoms with E-state index in [-0.39, 0.29) is 34.0 Å². The molecule has 0 spiro atoms. The number of fused-ring (bicyclic) bond motifs is 3. The van der Waals surface area contributed by atoms with Gasteiger partial charge in [0.1, 0.15) is 12.1 Å². The molecule has 0 unspecified atom stereocenters. The molecule has 0 radical (unpaired) electrons. The molecule has 2 aromatic heterocycles. The van der Waals surface area contributed by atoms with Crippen LogP contribution in [0.15, 0.2) is 36.5 Å². The van der Waals surface area contributed by atoms with Crippen LogP contribution in [-0.4, -0.2) is 78.7 Å². The zero-order chi connectivity index (χ0) is 30.3. The highest BCUT2D eigenvalue weighted by atomic mass is 32.1. The fraction of sp³-hybridized carbons (Fsp3) is 0.500. The van der Waals surface area contributed by atoms with Gasteiger partial charge in [-0.3, -0.25) is 24.0 Å². The molecule has 0 bridgehead atoms. The number of benzene rings is 1. The highest BCUT2D eigenvalue weighted by Gasteiger charge is 2.53. The van der Waals surface area contributed by atoms with E-state index in [1.165, 1.54) is 12.1 Å². The Morgan fingerprint density at radius 2 is 1.86 bits per heavy atom. The predicted octanol–water partition coefficient (Wildman–Crippen LogP) is 3.37. The number of rotatable bonds is 6. The van der Waals surface area contributed by atoms with Gasteiger partial charge in [-0.1, -0.05) is 6.07 Å². The number of thiophene rings is 1. The standard InChI is InChI=1S/C28H30F2N5O6PS/c29-28(30,42(39,40)41)18-1-4-23-16(8-18)11-24(43-23)25(36)32-21-10-15-7-14(15)9-19-2-3-22(35(19)26(21)37)27(38)34-12-17(13-34)20-5-6-31-33-20/h1,4-6,8,11,14-15,17,19,21-22H,2-3,7,9-10,12-13H2,(H,31,33)(H,32,36)(H2,39,40,41)/t14-,15+,19-,21+,22+/m1/s1. The van der Waals surface area contributed by atoms with E-state index in [0.29, 0.717) is 42.5 Å². The maximum atomic E-state index is 14.3. The van der Waals surface area contributed by atoms with Crippen LogP contribution in [-0.2, 0) is 19.8 Å². The minimum absolute atomic E-state index is 0.0574. The Labute approximate surface area is 248 Å². The minimum atomic E-state index is -5.74. The fourth-order valence-electron chi connectivity index (χ4n) is 6.93. The first-order valence-corrected chi connectivity index (χ1v) is 16.7. The zero-order valence-electron chi connectivity index (χ0n) is 22.9. The normalized spacial score (nSPS) is 27.7. The second-order valence-corrected chi connectivity index (χ2v) is 14.9. The summed E-state index contributed by atoms with van der Waals surface area (Å²) < 4.78 is 40.3. The third kappa shape index (κ3) is 4.98. The fourth-order valence-corrected chi connectivity index (χ4v) is 8.35. The maximum Gasteiger partial charge on any atom is 0.399 e. The Balaban J connectivity index is 1.08. The van der Waals surface area contributed by atoms with Crippen LogP contribution in [0.3, 0.4) is 0 Å². The number of alkyl halides is 2. The van der Waals surface area contributed by atoms with E-state index in [1.807, 2.05) is 6.07 Å². The molecule has 3 amide bonds. The van der Waals surface area contributed by atoms with E-state index in [1.54, 1.807) is 16.0 Å². The molecule has 3 aliphatic heterocycles. The van der Waals surface area contributed by atoms with Gasteiger partial charge in [0.25, 0.3) is 5.91 Å². The first-order chi connectivity index (χ1) is 20.4. The largest absolute Gasteiger partial charge is 0.399 e. The predicted molar refractivity (Wildman–Crippen MR) is 151 cm³/mol. The summed E-state index contributed by atoms with van der Waals surface area (Å²) in [7, 11) is -5.74. The average Bonchev–Trinajstić information content (AvgIpc) is 3.34. The van der Waals surface area contributed by atoms with Gasteiger partial charge in [-0.05, 0) is 73.6 Å². The number of likely N-dealkylation sites (tertiary alicyclic amines) is 1. The van der Waals surface area contributed by atoms with Crippen molar-refractivity contribution in [3.8, 4) is 0 Å². The van der Waals surface area contributed by atoms with Crippen molar-refractivity contribution in [1.29, 1.82) is 0 Å². The van der Waals surface area contributed by atoms with E-state index in [4.69, 9.17) is 9.79 Å². The molecule has 4 fully saturated rings. The van der Waals surface area contributed by atoms with Crippen LogP contribution in [0.25, 0.3) is 10.1 Å². The summed E-state index contributed by atoms with van der Waals surface area (Å²) in [6.45, 7) is 1.09. The molecule has 5 heterocycles. The molecule has 228 valence electrons. The molecule has 7 rings (SSSR count). The summed E-state index contributed by atoms with van der Waals surface area (Å²) >= 11 is 1.04. The number of hydrogen-bond acceptors (Lipinski definition) is 6. The monoisotopic (exact) mass is 633 g/mol. The zero-order valence-corrected chi connectivity index (χ0v) is 24.6. The smallest absolute Gasteiger partial charge is 0.340 e. The Hall–Kier alpha value is -3.19. The van der Waals surface area contributed by atoms with Gasteiger partial charge < -0.3 is 24.9 Å². The van der Waals surface area contributed by atoms with Gasteiger partial charge in [-0.2, -0.15) is 13.9 Å². The number of halogens is 2. The number of hydrogen-bond donors (Lipinski definition) is 4. The van der Waals surface area contributed by atoms with E-state index < -0.39 is 36.8 Å². The summed E-state index contributed by atoms with van der Waals surface area (Å²) in [5.41, 5.74) is -4.30. The van der Waals surface area contributed by atoms with Crippen LogP contribution in [0.4, 0.5) is 8.78 Å². The van der Waals surface area contributed by atoms with Crippen molar-refractivity contribution in [1.82, 2.24) is 25.3 Å². The molecular weight excluding hydrogens is 603 g/mol. The number of carbonyl (C=O) groups is 3. The Kier molecular flexibility index (Phi) is 6.77. The molecule has 4 N–H and O–H groups in total. The third-order valence-corrected chi connectivity index (χ3v) is 11.5. The van der Waals surface area contributed by atoms with Gasteiger partial charge in [0.05, 0.1) is 10.6 Å². The van der Waals surface area contributed by atoms with Crippen molar-refractivity contribution in [2.24, 2.45) is 11.8 Å². The molecule has 1 aromatic carbocycles. The van der Waals surface area contributed by atoms with Gasteiger partial charge in [0.15, 0.2) is 0 Å². The number of carbonyl (C=O) groups excluding carboxylic acids is 3. The molecule has 1 aliphatic carbocycles. The van der Waals surface area contributed by atoms with Crippen molar-refractivity contribution < 1.29 is 37.5 Å². The van der Waals surface area contributed by atoms with Gasteiger partial charge in [-0.15, -0.1) is 11.3 Å². The molecule has 15 heteroatoms. The summed E-state index contributed by atoms with van der Waals surface area (Å²) in [6.07, 6.45) is 5.36. The second-order valence-electron chi connectivity index (χ2n) is 12.1. The lowest BCUT2D eigenvalue weighted by molar-refractivity contribution is -0.149. The molecule has 5 atom stereocenters. The number of aromatic nitrogens is 2. The SMILES string of the molecule is O=C(N[C@H]1C[C@@H]2C[C@@H]2C[C@H]2CC[C@@H](C(=O)N3CC(c4cc[nH]n4)C3)N2C1=O)c1cc2cc(C(F)(F)P(=O)(O)O)ccc2s1. The maximum absolute atomic E-state index is 14.3. The van der Waals surface area contributed by atoms with Gasteiger partial charge in [0.2, 0.25) is 11.8 Å². The summed E-state index contributed by atoms with van der Waals surface area (Å²) in [6, 6.07) is 5.01. The van der Waals surface area contributed by atoms with Gasteiger partial charge in [0, 0.05) is 41.5 Å².